The Kier molecular flexibility index (Phi) is 4.15. The van der Waals surface area contributed by atoms with Gasteiger partial charge < -0.3 is 4.74 Å². The Labute approximate surface area is 102 Å². The Morgan fingerprint density at radius 2 is 1.71 bits per heavy atom. The summed E-state index contributed by atoms with van der Waals surface area (Å²) in [7, 11) is 0. The maximum Gasteiger partial charge on any atom is 0.327 e. The minimum absolute atomic E-state index is 0.287. The van der Waals surface area contributed by atoms with Crippen LogP contribution in [0, 0.1) is 5.92 Å². The fraction of sp³-hybridized carbons (Fsp3) is 0.846. The van der Waals surface area contributed by atoms with E-state index in [0.717, 1.165) is 18.8 Å². The first-order valence-electron chi connectivity index (χ1n) is 6.66. The lowest BCUT2D eigenvalue weighted by Crippen LogP contribution is -2.49. The molecule has 0 aromatic carbocycles. The van der Waals surface area contributed by atoms with E-state index in [1.54, 1.807) is 0 Å². The summed E-state index contributed by atoms with van der Waals surface area (Å²) >= 11 is 0. The molecule has 96 valence electrons. The fourth-order valence-corrected chi connectivity index (χ4v) is 3.04. The first-order chi connectivity index (χ1) is 8.19. The van der Waals surface area contributed by atoms with Gasteiger partial charge in [-0.1, -0.05) is 19.8 Å². The van der Waals surface area contributed by atoms with Crippen LogP contribution in [0.4, 0.5) is 0 Å². The summed E-state index contributed by atoms with van der Waals surface area (Å²) in [4.78, 5) is 24.4. The molecule has 2 aliphatic rings. The highest BCUT2D eigenvalue weighted by Crippen LogP contribution is 2.30. The number of hydrogen-bond acceptors (Lipinski definition) is 4. The van der Waals surface area contributed by atoms with Gasteiger partial charge in [-0.05, 0) is 31.6 Å². The second kappa shape index (κ2) is 5.63. The number of nitrogens with zero attached hydrogens (tertiary/aromatic N) is 1. The number of rotatable bonds is 3. The molecule has 2 rings (SSSR count). The van der Waals surface area contributed by atoms with Crippen LogP contribution in [0.15, 0.2) is 0 Å². The van der Waals surface area contributed by atoms with Crippen molar-refractivity contribution in [2.45, 2.75) is 51.5 Å². The quantitative estimate of drug-likeness (QED) is 0.556. The highest BCUT2D eigenvalue weighted by Gasteiger charge is 2.32. The van der Waals surface area contributed by atoms with E-state index in [9.17, 15) is 9.59 Å². The van der Waals surface area contributed by atoms with Crippen LogP contribution in [-0.4, -0.2) is 36.0 Å². The molecule has 0 bridgehead atoms. The predicted octanol–water partition coefficient (Wildman–Crippen LogP) is 1.73. The first-order valence-corrected chi connectivity index (χ1v) is 6.66. The van der Waals surface area contributed by atoms with Gasteiger partial charge >= 0.3 is 11.9 Å². The highest BCUT2D eigenvalue weighted by molar-refractivity contribution is 5.90. The molecule has 0 spiro atoms. The molecule has 1 saturated carbocycles. The van der Waals surface area contributed by atoms with Crippen LogP contribution in [0.3, 0.4) is 0 Å². The molecule has 0 unspecified atom stereocenters. The zero-order valence-electron chi connectivity index (χ0n) is 10.5. The number of carbonyl (C=O) groups is 2. The maximum absolute atomic E-state index is 11.2. The first kappa shape index (κ1) is 12.6. The summed E-state index contributed by atoms with van der Waals surface area (Å²) in [5, 5.41) is 0. The van der Waals surface area contributed by atoms with Crippen molar-refractivity contribution < 1.29 is 14.3 Å². The molecule has 0 aromatic rings. The second-order valence-corrected chi connectivity index (χ2v) is 5.21. The number of morpholine rings is 1. The molecule has 1 aliphatic heterocycles. The van der Waals surface area contributed by atoms with Crippen molar-refractivity contribution in [2.75, 3.05) is 13.1 Å². The van der Waals surface area contributed by atoms with Crippen molar-refractivity contribution >= 4 is 11.9 Å². The number of esters is 2. The van der Waals surface area contributed by atoms with Gasteiger partial charge in [0.05, 0.1) is 13.1 Å². The monoisotopic (exact) mass is 239 g/mol. The van der Waals surface area contributed by atoms with E-state index in [-0.39, 0.29) is 13.1 Å². The zero-order valence-corrected chi connectivity index (χ0v) is 10.5. The van der Waals surface area contributed by atoms with Crippen molar-refractivity contribution in [2.24, 2.45) is 5.92 Å². The summed E-state index contributed by atoms with van der Waals surface area (Å²) in [6.45, 7) is 2.80. The van der Waals surface area contributed by atoms with E-state index in [1.165, 1.54) is 25.7 Å². The third kappa shape index (κ3) is 3.28. The van der Waals surface area contributed by atoms with Gasteiger partial charge in [0.15, 0.2) is 0 Å². The molecule has 1 aliphatic carbocycles. The van der Waals surface area contributed by atoms with Crippen molar-refractivity contribution in [3.63, 3.8) is 0 Å². The van der Waals surface area contributed by atoms with E-state index in [1.807, 2.05) is 4.90 Å². The minimum Gasteiger partial charge on any atom is -0.391 e. The van der Waals surface area contributed by atoms with Gasteiger partial charge in [-0.3, -0.25) is 14.5 Å². The largest absolute Gasteiger partial charge is 0.391 e. The summed E-state index contributed by atoms with van der Waals surface area (Å²) < 4.78 is 4.55. The van der Waals surface area contributed by atoms with E-state index in [4.69, 9.17) is 0 Å². The normalized spacial score (nSPS) is 31.4. The molecule has 4 nitrogen and oxygen atoms in total. The van der Waals surface area contributed by atoms with Gasteiger partial charge in [-0.15, -0.1) is 0 Å². The van der Waals surface area contributed by atoms with Crippen LogP contribution < -0.4 is 0 Å². The Morgan fingerprint density at radius 3 is 2.24 bits per heavy atom. The molecule has 0 radical (unpaired) electrons. The van der Waals surface area contributed by atoms with Gasteiger partial charge in [0, 0.05) is 6.04 Å². The van der Waals surface area contributed by atoms with Gasteiger partial charge in [-0.2, -0.15) is 0 Å². The smallest absolute Gasteiger partial charge is 0.327 e. The molecule has 17 heavy (non-hydrogen) atoms. The van der Waals surface area contributed by atoms with E-state index in [2.05, 4.69) is 11.7 Å². The van der Waals surface area contributed by atoms with Crippen LogP contribution >= 0.6 is 0 Å². The van der Waals surface area contributed by atoms with Crippen LogP contribution in [0.25, 0.3) is 0 Å². The topological polar surface area (TPSA) is 46.6 Å². The molecule has 4 heteroatoms. The van der Waals surface area contributed by atoms with Crippen molar-refractivity contribution in [3.8, 4) is 0 Å². The summed E-state index contributed by atoms with van der Waals surface area (Å²) in [5.41, 5.74) is 0. The zero-order chi connectivity index (χ0) is 12.3. The van der Waals surface area contributed by atoms with E-state index in [0.29, 0.717) is 6.04 Å². The number of hydrogen-bond donors (Lipinski definition) is 0. The lowest BCUT2D eigenvalue weighted by Gasteiger charge is -2.37. The van der Waals surface area contributed by atoms with Gasteiger partial charge in [0.25, 0.3) is 0 Å². The summed E-state index contributed by atoms with van der Waals surface area (Å²) in [6, 6.07) is 0.403. The lowest BCUT2D eigenvalue weighted by atomic mass is 9.83. The predicted molar refractivity (Wildman–Crippen MR) is 63.3 cm³/mol. The standard InChI is InChI=1S/C13H21NO3/c1-2-3-10-4-6-11(7-5-10)14-8-12(15)17-13(16)9-14/h10-11H,2-9H2,1H3. The van der Waals surface area contributed by atoms with E-state index >= 15 is 0 Å². The molecule has 1 heterocycles. The van der Waals surface area contributed by atoms with Crippen LogP contribution in [0.2, 0.25) is 0 Å². The van der Waals surface area contributed by atoms with E-state index < -0.39 is 11.9 Å². The Morgan fingerprint density at radius 1 is 1.12 bits per heavy atom. The van der Waals surface area contributed by atoms with Gasteiger partial charge in [0.1, 0.15) is 0 Å². The molecule has 2 fully saturated rings. The van der Waals surface area contributed by atoms with Gasteiger partial charge in [-0.25, -0.2) is 0 Å². The van der Waals surface area contributed by atoms with Crippen molar-refractivity contribution in [3.05, 3.63) is 0 Å². The molecule has 0 aromatic heterocycles. The summed E-state index contributed by atoms with van der Waals surface area (Å²) in [6.07, 6.45) is 7.27. The second-order valence-electron chi connectivity index (χ2n) is 5.21. The average molecular weight is 239 g/mol. The average Bonchev–Trinajstić information content (AvgIpc) is 2.29. The molecule has 0 N–H and O–H groups in total. The number of ether oxygens (including phenoxy) is 1. The molecule has 0 atom stereocenters. The molecule has 0 amide bonds. The Hall–Kier alpha value is -0.900. The third-order valence-corrected chi connectivity index (χ3v) is 3.92. The Balaban J connectivity index is 1.83. The van der Waals surface area contributed by atoms with Crippen LogP contribution in [-0.2, 0) is 14.3 Å². The molecular weight excluding hydrogens is 218 g/mol. The van der Waals surface area contributed by atoms with Crippen LogP contribution in [0.5, 0.6) is 0 Å². The van der Waals surface area contributed by atoms with Crippen LogP contribution in [0.1, 0.15) is 45.4 Å². The minimum atomic E-state index is -0.392. The number of cyclic esters (lactones) is 2. The SMILES string of the molecule is CCCC1CCC(N2CC(=O)OC(=O)C2)CC1. The van der Waals surface area contributed by atoms with Gasteiger partial charge in [0.2, 0.25) is 0 Å². The lowest BCUT2D eigenvalue weighted by molar-refractivity contribution is -0.168. The fourth-order valence-electron chi connectivity index (χ4n) is 3.04. The maximum atomic E-state index is 11.2. The van der Waals surface area contributed by atoms with Crippen molar-refractivity contribution in [1.29, 1.82) is 0 Å². The Bertz CT molecular complexity index is 279. The third-order valence-electron chi connectivity index (χ3n) is 3.92. The molecular formula is C13H21NO3. The number of carbonyl (C=O) groups excluding carboxylic acids is 2. The van der Waals surface area contributed by atoms with Crippen molar-refractivity contribution in [1.82, 2.24) is 4.90 Å². The molecule has 1 saturated heterocycles. The highest BCUT2D eigenvalue weighted by atomic mass is 16.6. The summed E-state index contributed by atoms with van der Waals surface area (Å²) in [5.74, 6) is 0.0672.